The quantitative estimate of drug-likeness (QED) is 0.261. The lowest BCUT2D eigenvalue weighted by Gasteiger charge is -2.24. The molecule has 0 fully saturated rings. The van der Waals surface area contributed by atoms with Crippen LogP contribution in [0.15, 0.2) is 112 Å². The molecule has 6 rings (SSSR count). The van der Waals surface area contributed by atoms with Crippen molar-refractivity contribution in [1.82, 2.24) is 4.57 Å². The number of carbonyl (C=O) groups excluding carboxylic acids is 1. The first-order chi connectivity index (χ1) is 19.9. The first-order valence-corrected chi connectivity index (χ1v) is 14.1. The average molecular weight is 561 g/mol. The summed E-state index contributed by atoms with van der Waals surface area (Å²) < 4.78 is 13.6. The molecule has 0 aliphatic carbocycles. The lowest BCUT2D eigenvalue weighted by Crippen LogP contribution is -2.39. The molecular weight excluding hydrogens is 532 g/mol. The number of fused-ring (bicyclic) bond motifs is 2. The standard InChI is InChI=1S/C34H28N2O4S/c1-21-31(22(2)37)32(25-13-17-27(39-3)18-14-25)36-33(38)30(41-34(36)35-21)19-23-11-15-28(16-12-23)40-20-26-9-6-8-24-7-4-5-10-29(24)26/h4-19,32H,20H2,1-3H3. The number of allylic oxidation sites excluding steroid dienone is 2. The normalized spacial score (nSPS) is 15.0. The minimum absolute atomic E-state index is 0.111. The van der Waals surface area contributed by atoms with Crippen LogP contribution < -0.4 is 24.4 Å². The number of benzene rings is 4. The van der Waals surface area contributed by atoms with Crippen molar-refractivity contribution in [3.05, 3.63) is 139 Å². The highest BCUT2D eigenvalue weighted by atomic mass is 32.1. The predicted octanol–water partition coefficient (Wildman–Crippen LogP) is 5.57. The first kappa shape index (κ1) is 26.5. The fraction of sp³-hybridized carbons (Fsp3) is 0.147. The molecule has 0 bridgehead atoms. The number of Topliss-reactive ketones (excluding diaryl/α,β-unsaturated/α-hetero) is 1. The van der Waals surface area contributed by atoms with Crippen molar-refractivity contribution in [3.63, 3.8) is 0 Å². The van der Waals surface area contributed by atoms with Gasteiger partial charge in [0, 0.05) is 11.3 Å². The average Bonchev–Trinajstić information content (AvgIpc) is 3.29. The lowest BCUT2D eigenvalue weighted by atomic mass is 9.93. The molecule has 7 heteroatoms. The van der Waals surface area contributed by atoms with Gasteiger partial charge in [-0.05, 0) is 71.7 Å². The van der Waals surface area contributed by atoms with Crippen molar-refractivity contribution >= 4 is 34.0 Å². The van der Waals surface area contributed by atoms with E-state index >= 15 is 0 Å². The van der Waals surface area contributed by atoms with Crippen molar-refractivity contribution in [2.45, 2.75) is 26.5 Å². The molecule has 5 aromatic rings. The van der Waals surface area contributed by atoms with E-state index in [1.54, 1.807) is 11.7 Å². The molecule has 1 unspecified atom stereocenters. The van der Waals surface area contributed by atoms with Crippen LogP contribution in [0.4, 0.5) is 0 Å². The van der Waals surface area contributed by atoms with Gasteiger partial charge >= 0.3 is 0 Å². The molecule has 0 N–H and O–H groups in total. The number of methoxy groups -OCH3 is 1. The van der Waals surface area contributed by atoms with E-state index in [2.05, 4.69) is 29.3 Å². The van der Waals surface area contributed by atoms with E-state index in [9.17, 15) is 9.59 Å². The molecular formula is C34H28N2O4S. The van der Waals surface area contributed by atoms with Gasteiger partial charge in [0.05, 0.1) is 17.7 Å². The summed E-state index contributed by atoms with van der Waals surface area (Å²) in [4.78, 5) is 31.6. The highest BCUT2D eigenvalue weighted by Crippen LogP contribution is 2.31. The Bertz CT molecular complexity index is 1980. The van der Waals surface area contributed by atoms with Crippen molar-refractivity contribution in [3.8, 4) is 11.5 Å². The summed E-state index contributed by atoms with van der Waals surface area (Å²) in [5.41, 5.74) is 3.78. The Hall–Kier alpha value is -4.75. The molecule has 41 heavy (non-hydrogen) atoms. The zero-order valence-corrected chi connectivity index (χ0v) is 23.8. The molecule has 6 nitrogen and oxygen atoms in total. The Kier molecular flexibility index (Phi) is 7.12. The van der Waals surface area contributed by atoms with Gasteiger partial charge in [-0.3, -0.25) is 14.2 Å². The van der Waals surface area contributed by atoms with Crippen molar-refractivity contribution in [1.29, 1.82) is 0 Å². The summed E-state index contributed by atoms with van der Waals surface area (Å²) in [7, 11) is 1.60. The molecule has 1 aromatic heterocycles. The Morgan fingerprint density at radius 1 is 0.951 bits per heavy atom. The zero-order chi connectivity index (χ0) is 28.5. The van der Waals surface area contributed by atoms with E-state index < -0.39 is 6.04 Å². The second-order valence-electron chi connectivity index (χ2n) is 9.91. The number of ether oxygens (including phenoxy) is 2. The van der Waals surface area contributed by atoms with Crippen molar-refractivity contribution in [2.75, 3.05) is 7.11 Å². The van der Waals surface area contributed by atoms with Crippen LogP contribution in [-0.4, -0.2) is 17.5 Å². The number of rotatable bonds is 7. The third-order valence-corrected chi connectivity index (χ3v) is 8.27. The van der Waals surface area contributed by atoms with Crippen LogP contribution in [0, 0.1) is 0 Å². The number of thiazole rings is 1. The maximum atomic E-state index is 13.7. The van der Waals surface area contributed by atoms with Crippen LogP contribution in [0.25, 0.3) is 16.8 Å². The van der Waals surface area contributed by atoms with Gasteiger partial charge in [0.1, 0.15) is 18.1 Å². The molecule has 1 atom stereocenters. The van der Waals surface area contributed by atoms with Gasteiger partial charge in [-0.25, -0.2) is 4.99 Å². The van der Waals surface area contributed by atoms with Crippen LogP contribution in [0.5, 0.6) is 11.5 Å². The minimum atomic E-state index is -0.554. The van der Waals surface area contributed by atoms with E-state index in [-0.39, 0.29) is 11.3 Å². The summed E-state index contributed by atoms with van der Waals surface area (Å²) in [6, 6.07) is 29.1. The zero-order valence-electron chi connectivity index (χ0n) is 23.0. The summed E-state index contributed by atoms with van der Waals surface area (Å²) in [6.45, 7) is 3.80. The SMILES string of the molecule is COc1ccc(C2C(C(C)=O)=C(C)N=c3sc(=Cc4ccc(OCc5cccc6ccccc56)cc4)c(=O)n32)cc1. The van der Waals surface area contributed by atoms with Crippen LogP contribution in [0.2, 0.25) is 0 Å². The second-order valence-corrected chi connectivity index (χ2v) is 10.9. The fourth-order valence-corrected chi connectivity index (χ4v) is 6.31. The lowest BCUT2D eigenvalue weighted by molar-refractivity contribution is -0.114. The molecule has 1 aliphatic rings. The fourth-order valence-electron chi connectivity index (χ4n) is 5.26. The molecule has 4 aromatic carbocycles. The van der Waals surface area contributed by atoms with Gasteiger partial charge < -0.3 is 9.47 Å². The number of ketones is 1. The number of hydrogen-bond donors (Lipinski definition) is 0. The van der Waals surface area contributed by atoms with E-state index in [4.69, 9.17) is 9.47 Å². The highest BCUT2D eigenvalue weighted by Gasteiger charge is 2.30. The van der Waals surface area contributed by atoms with Gasteiger partial charge in [-0.1, -0.05) is 78.1 Å². The van der Waals surface area contributed by atoms with Crippen LogP contribution in [0.3, 0.4) is 0 Å². The van der Waals surface area contributed by atoms with Gasteiger partial charge in [0.2, 0.25) is 0 Å². The largest absolute Gasteiger partial charge is 0.497 e. The third-order valence-electron chi connectivity index (χ3n) is 7.28. The number of nitrogens with zero attached hydrogens (tertiary/aromatic N) is 2. The van der Waals surface area contributed by atoms with Gasteiger partial charge in [0.25, 0.3) is 5.56 Å². The maximum absolute atomic E-state index is 13.7. The molecule has 2 heterocycles. The number of aromatic nitrogens is 1. The Balaban J connectivity index is 1.31. The van der Waals surface area contributed by atoms with Crippen LogP contribution in [-0.2, 0) is 11.4 Å². The summed E-state index contributed by atoms with van der Waals surface area (Å²) in [5, 5.41) is 2.36. The van der Waals surface area contributed by atoms with E-state index in [1.165, 1.54) is 29.0 Å². The molecule has 0 radical (unpaired) electrons. The summed E-state index contributed by atoms with van der Waals surface area (Å²) >= 11 is 1.32. The second kappa shape index (κ2) is 11.0. The number of carbonyl (C=O) groups is 1. The molecule has 0 saturated carbocycles. The smallest absolute Gasteiger partial charge is 0.271 e. The Morgan fingerprint density at radius 2 is 1.66 bits per heavy atom. The van der Waals surface area contributed by atoms with E-state index in [0.717, 1.165) is 22.4 Å². The Labute approximate surface area is 241 Å². The maximum Gasteiger partial charge on any atom is 0.271 e. The molecule has 1 aliphatic heterocycles. The topological polar surface area (TPSA) is 69.9 Å². The van der Waals surface area contributed by atoms with Crippen LogP contribution in [0.1, 0.15) is 36.6 Å². The third kappa shape index (κ3) is 5.12. The predicted molar refractivity (Wildman–Crippen MR) is 162 cm³/mol. The van der Waals surface area contributed by atoms with Gasteiger partial charge in [0.15, 0.2) is 10.6 Å². The monoisotopic (exact) mass is 560 g/mol. The summed E-state index contributed by atoms with van der Waals surface area (Å²) in [5.74, 6) is 1.34. The van der Waals surface area contributed by atoms with Gasteiger partial charge in [-0.15, -0.1) is 0 Å². The van der Waals surface area contributed by atoms with E-state index in [0.29, 0.717) is 33.0 Å². The summed E-state index contributed by atoms with van der Waals surface area (Å²) in [6.07, 6.45) is 1.86. The number of hydrogen-bond acceptors (Lipinski definition) is 6. The molecule has 0 amide bonds. The highest BCUT2D eigenvalue weighted by molar-refractivity contribution is 7.07. The molecule has 204 valence electrons. The van der Waals surface area contributed by atoms with E-state index in [1.807, 2.05) is 79.7 Å². The van der Waals surface area contributed by atoms with Gasteiger partial charge in [-0.2, -0.15) is 0 Å². The van der Waals surface area contributed by atoms with Crippen molar-refractivity contribution < 1.29 is 14.3 Å². The molecule has 0 saturated heterocycles. The van der Waals surface area contributed by atoms with Crippen molar-refractivity contribution in [2.24, 2.45) is 4.99 Å². The Morgan fingerprint density at radius 3 is 2.39 bits per heavy atom. The minimum Gasteiger partial charge on any atom is -0.497 e. The van der Waals surface area contributed by atoms with Crippen LogP contribution >= 0.6 is 11.3 Å². The first-order valence-electron chi connectivity index (χ1n) is 13.3. The molecule has 0 spiro atoms.